The van der Waals surface area contributed by atoms with Crippen LogP contribution in [0.5, 0.6) is 0 Å². The van der Waals surface area contributed by atoms with Gasteiger partial charge in [0.05, 0.1) is 5.75 Å². The molecule has 0 unspecified atom stereocenters. The van der Waals surface area contributed by atoms with E-state index in [1.165, 1.54) is 17.8 Å². The van der Waals surface area contributed by atoms with Gasteiger partial charge in [0.2, 0.25) is 0 Å². The smallest absolute Gasteiger partial charge is 0.368 e. The molecule has 0 bridgehead atoms. The summed E-state index contributed by atoms with van der Waals surface area (Å²) >= 11 is 0.608. The summed E-state index contributed by atoms with van der Waals surface area (Å²) in [6.07, 6.45) is 0.149. The predicted octanol–water partition coefficient (Wildman–Crippen LogP) is 6.51. The van der Waals surface area contributed by atoms with E-state index in [2.05, 4.69) is 51.1 Å². The van der Waals surface area contributed by atoms with Gasteiger partial charge in [-0.2, -0.15) is 13.2 Å². The molecule has 0 radical (unpaired) electrons. The lowest BCUT2D eigenvalue weighted by Gasteiger charge is -2.48. The number of thiophene rings is 1. The Morgan fingerprint density at radius 3 is 2.54 bits per heavy atom. The van der Waals surface area contributed by atoms with E-state index in [4.69, 9.17) is 0 Å². The Hall–Kier alpha value is -3.25. The largest absolute Gasteiger partial charge is 0.425 e. The molecule has 0 saturated carbocycles. The first-order valence-electron chi connectivity index (χ1n) is 12.4. The van der Waals surface area contributed by atoms with E-state index in [1.807, 2.05) is 13.0 Å². The van der Waals surface area contributed by atoms with Gasteiger partial charge in [0.15, 0.2) is 5.82 Å². The van der Waals surface area contributed by atoms with Crippen molar-refractivity contribution in [3.8, 4) is 11.4 Å². The zero-order valence-electron chi connectivity index (χ0n) is 21.8. The summed E-state index contributed by atoms with van der Waals surface area (Å²) in [4.78, 5) is 14.7. The third kappa shape index (κ3) is 5.72. The molecule has 4 heterocycles. The Bertz CT molecular complexity index is 1640. The number of pyridine rings is 1. The molecule has 5 rings (SSSR count). The van der Waals surface area contributed by atoms with Gasteiger partial charge in [-0.15, -0.1) is 11.3 Å². The highest BCUT2D eigenvalue weighted by molar-refractivity contribution is 7.90. The van der Waals surface area contributed by atoms with Crippen LogP contribution >= 0.6 is 11.3 Å². The van der Waals surface area contributed by atoms with Gasteiger partial charge in [0.1, 0.15) is 26.4 Å². The number of hydrogen-bond donors (Lipinski definition) is 1. The standard InChI is InChI=1S/C27H28F3N5O2S2/c1-15(2)19-5-6-22(35-12-18(16(35)3)14-39(4,36)37)21-11-32-25(10-20(19)21)33-24-7-8-31-26(34-24)17-9-23(38-13-17)27(28,29)30/h5-11,13,15-16,18H,12,14H2,1-4H3,(H,31,32,33,34)/t16-,18-/m1/s1. The maximum absolute atomic E-state index is 13.0. The monoisotopic (exact) mass is 575 g/mol. The molecule has 1 aromatic carbocycles. The van der Waals surface area contributed by atoms with E-state index in [0.29, 0.717) is 35.1 Å². The van der Waals surface area contributed by atoms with Gasteiger partial charge in [0.25, 0.3) is 0 Å². The average molecular weight is 576 g/mol. The first-order valence-corrected chi connectivity index (χ1v) is 15.4. The lowest BCUT2D eigenvalue weighted by atomic mass is 9.88. The third-order valence-corrected chi connectivity index (χ3v) is 9.02. The van der Waals surface area contributed by atoms with Crippen molar-refractivity contribution in [1.82, 2.24) is 15.0 Å². The first-order chi connectivity index (χ1) is 18.3. The number of nitrogens with zero attached hydrogens (tertiary/aromatic N) is 4. The molecule has 1 aliphatic heterocycles. The van der Waals surface area contributed by atoms with Gasteiger partial charge < -0.3 is 10.2 Å². The van der Waals surface area contributed by atoms with Crippen molar-refractivity contribution < 1.29 is 21.6 Å². The van der Waals surface area contributed by atoms with Gasteiger partial charge in [-0.1, -0.05) is 19.9 Å². The van der Waals surface area contributed by atoms with Crippen LogP contribution in [0.1, 0.15) is 37.1 Å². The van der Waals surface area contributed by atoms with Crippen molar-refractivity contribution in [2.24, 2.45) is 5.92 Å². The van der Waals surface area contributed by atoms with Crippen LogP contribution in [0, 0.1) is 5.92 Å². The Morgan fingerprint density at radius 1 is 1.13 bits per heavy atom. The molecule has 2 atom stereocenters. The van der Waals surface area contributed by atoms with Gasteiger partial charge in [-0.05, 0) is 48.1 Å². The van der Waals surface area contributed by atoms with Crippen LogP contribution in [0.15, 0.2) is 48.1 Å². The summed E-state index contributed by atoms with van der Waals surface area (Å²) < 4.78 is 62.7. The first kappa shape index (κ1) is 27.3. The molecule has 1 fully saturated rings. The highest BCUT2D eigenvalue weighted by Gasteiger charge is 2.38. The number of halogens is 3. The van der Waals surface area contributed by atoms with Crippen molar-refractivity contribution in [2.75, 3.05) is 28.8 Å². The molecular weight excluding hydrogens is 547 g/mol. The van der Waals surface area contributed by atoms with E-state index < -0.39 is 20.9 Å². The molecule has 1 aliphatic rings. The van der Waals surface area contributed by atoms with Crippen molar-refractivity contribution >= 4 is 49.3 Å². The van der Waals surface area contributed by atoms with Crippen LogP contribution in [0.25, 0.3) is 22.2 Å². The van der Waals surface area contributed by atoms with Crippen LogP contribution in [-0.4, -0.2) is 48.0 Å². The van der Waals surface area contributed by atoms with Crippen LogP contribution in [0.3, 0.4) is 0 Å². The fraction of sp³-hybridized carbons (Fsp3) is 0.370. The summed E-state index contributed by atoms with van der Waals surface area (Å²) in [5.74, 6) is 1.64. The van der Waals surface area contributed by atoms with Crippen LogP contribution in [0.4, 0.5) is 30.5 Å². The van der Waals surface area contributed by atoms with Crippen molar-refractivity contribution in [2.45, 2.75) is 38.9 Å². The molecule has 206 valence electrons. The molecule has 39 heavy (non-hydrogen) atoms. The number of alkyl halides is 3. The minimum atomic E-state index is -4.41. The Labute approximate surface area is 229 Å². The number of anilines is 3. The fourth-order valence-electron chi connectivity index (χ4n) is 4.96. The highest BCUT2D eigenvalue weighted by atomic mass is 32.2. The molecule has 12 heteroatoms. The van der Waals surface area contributed by atoms with Crippen LogP contribution in [0.2, 0.25) is 0 Å². The van der Waals surface area contributed by atoms with Crippen molar-refractivity contribution in [3.05, 3.63) is 58.5 Å². The zero-order chi connectivity index (χ0) is 28.1. The lowest BCUT2D eigenvalue weighted by molar-refractivity contribution is -0.134. The molecule has 1 saturated heterocycles. The minimum Gasteiger partial charge on any atom is -0.368 e. The second-order valence-electron chi connectivity index (χ2n) is 10.3. The molecule has 0 spiro atoms. The average Bonchev–Trinajstić information content (AvgIpc) is 3.36. The molecule has 0 amide bonds. The number of sulfone groups is 1. The summed E-state index contributed by atoms with van der Waals surface area (Å²) in [6.45, 7) is 6.93. The number of fused-ring (bicyclic) bond motifs is 1. The van der Waals surface area contributed by atoms with E-state index >= 15 is 0 Å². The van der Waals surface area contributed by atoms with Crippen LogP contribution in [-0.2, 0) is 16.0 Å². The maximum atomic E-state index is 13.0. The summed E-state index contributed by atoms with van der Waals surface area (Å²) in [6, 6.07) is 8.88. The van der Waals surface area contributed by atoms with E-state index in [0.717, 1.165) is 28.1 Å². The minimum absolute atomic E-state index is 0.0797. The number of rotatable bonds is 7. The van der Waals surface area contributed by atoms with E-state index in [9.17, 15) is 21.6 Å². The number of aromatic nitrogens is 3. The quantitative estimate of drug-likeness (QED) is 0.269. The second kappa shape index (κ2) is 10.1. The number of benzene rings is 1. The van der Waals surface area contributed by atoms with Gasteiger partial charge in [-0.3, -0.25) is 0 Å². The molecule has 0 aliphatic carbocycles. The summed E-state index contributed by atoms with van der Waals surface area (Å²) in [5.41, 5.74) is 2.45. The van der Waals surface area contributed by atoms with Crippen molar-refractivity contribution in [1.29, 1.82) is 0 Å². The molecule has 7 nitrogen and oxygen atoms in total. The van der Waals surface area contributed by atoms with Gasteiger partial charge in [-0.25, -0.2) is 23.4 Å². The molecular formula is C27H28F3N5O2S2. The summed E-state index contributed by atoms with van der Waals surface area (Å²) in [5, 5.41) is 6.54. The SMILES string of the molecule is CC(C)c1ccc(N2C[C@H](CS(C)(=O)=O)[C@H]2C)c2cnc(Nc3ccnc(-c4csc(C(F)(F)F)c4)n3)cc12. The normalized spacial score (nSPS) is 18.0. The second-order valence-corrected chi connectivity index (χ2v) is 13.4. The Balaban J connectivity index is 1.44. The fourth-order valence-corrected chi connectivity index (χ4v) is 6.87. The van der Waals surface area contributed by atoms with Crippen LogP contribution < -0.4 is 10.2 Å². The summed E-state index contributed by atoms with van der Waals surface area (Å²) in [7, 11) is -3.05. The predicted molar refractivity (Wildman–Crippen MR) is 149 cm³/mol. The van der Waals surface area contributed by atoms with E-state index in [-0.39, 0.29) is 29.5 Å². The molecule has 4 aromatic rings. The van der Waals surface area contributed by atoms with E-state index in [1.54, 1.807) is 12.3 Å². The molecule has 1 N–H and O–H groups in total. The van der Waals surface area contributed by atoms with Gasteiger partial charge >= 0.3 is 6.18 Å². The maximum Gasteiger partial charge on any atom is 0.425 e. The Morgan fingerprint density at radius 2 is 1.90 bits per heavy atom. The van der Waals surface area contributed by atoms with Gasteiger partial charge in [0, 0.05) is 59.2 Å². The Kier molecular flexibility index (Phi) is 7.04. The van der Waals surface area contributed by atoms with Crippen molar-refractivity contribution in [3.63, 3.8) is 0 Å². The number of hydrogen-bond acceptors (Lipinski definition) is 8. The highest BCUT2D eigenvalue weighted by Crippen LogP contribution is 2.40. The topological polar surface area (TPSA) is 88.1 Å². The lowest BCUT2D eigenvalue weighted by Crippen LogP contribution is -2.57. The number of nitrogens with one attached hydrogen (secondary N) is 1. The molecule has 3 aromatic heterocycles. The third-order valence-electron chi connectivity index (χ3n) is 7.01. The zero-order valence-corrected chi connectivity index (χ0v) is 23.5.